The van der Waals surface area contributed by atoms with E-state index in [1.807, 2.05) is 0 Å². The Bertz CT molecular complexity index is 288. The van der Waals surface area contributed by atoms with E-state index in [1.54, 1.807) is 0 Å². The summed E-state index contributed by atoms with van der Waals surface area (Å²) in [5.74, 6) is 1.76. The Labute approximate surface area is 57.9 Å². The topological polar surface area (TPSA) is 38.9 Å². The molecule has 0 aliphatic heterocycles. The minimum absolute atomic E-state index is 0.134. The Kier molecular flexibility index (Phi) is 1.55. The van der Waals surface area contributed by atoms with Crippen molar-refractivity contribution in [1.82, 2.24) is 4.98 Å². The van der Waals surface area contributed by atoms with Gasteiger partial charge in [-0.2, -0.15) is 0 Å². The van der Waals surface area contributed by atoms with Gasteiger partial charge in [0.1, 0.15) is 11.6 Å². The summed E-state index contributed by atoms with van der Waals surface area (Å²) >= 11 is 0. The van der Waals surface area contributed by atoms with Crippen molar-refractivity contribution in [2.24, 2.45) is 0 Å². The zero-order valence-electron chi connectivity index (χ0n) is 5.13. The number of nitrogens with zero attached hydrogens (tertiary/aromatic N) is 1. The Hall–Kier alpha value is -1.56. The molecule has 2 N–H and O–H groups in total. The van der Waals surface area contributed by atoms with Crippen LogP contribution in [0.2, 0.25) is 0 Å². The fraction of sp³-hybridized carbons (Fsp3) is 0. The van der Waals surface area contributed by atoms with Gasteiger partial charge < -0.3 is 5.73 Å². The molecule has 10 heavy (non-hydrogen) atoms. The Balaban J connectivity index is 3.23. The molecule has 1 rings (SSSR count). The predicted molar refractivity (Wildman–Crippen MR) is 36.5 cm³/mol. The number of terminal acetylenes is 1. The average Bonchev–Trinajstić information content (AvgIpc) is 1.88. The molecule has 0 saturated heterocycles. The van der Waals surface area contributed by atoms with Crippen LogP contribution in [-0.4, -0.2) is 4.98 Å². The maximum atomic E-state index is 12.6. The Morgan fingerprint density at radius 2 is 2.40 bits per heavy atom. The molecule has 0 saturated carbocycles. The molecular formula is C7H5FN2. The Morgan fingerprint density at radius 1 is 1.70 bits per heavy atom. The summed E-state index contributed by atoms with van der Waals surface area (Å²) in [6.45, 7) is 0. The van der Waals surface area contributed by atoms with Crippen LogP contribution in [0.15, 0.2) is 12.3 Å². The zero-order chi connectivity index (χ0) is 7.56. The summed E-state index contributed by atoms with van der Waals surface area (Å²) in [7, 11) is 0. The molecule has 0 fully saturated rings. The van der Waals surface area contributed by atoms with Gasteiger partial charge in [-0.3, -0.25) is 0 Å². The molecule has 3 heteroatoms. The van der Waals surface area contributed by atoms with Crippen molar-refractivity contribution in [1.29, 1.82) is 0 Å². The largest absolute Gasteiger partial charge is 0.384 e. The number of nitrogens with two attached hydrogens (primary N) is 1. The van der Waals surface area contributed by atoms with E-state index in [4.69, 9.17) is 12.2 Å². The quantitative estimate of drug-likeness (QED) is 0.535. The van der Waals surface area contributed by atoms with Gasteiger partial charge in [0.15, 0.2) is 0 Å². The SMILES string of the molecule is C#Cc1cnc(N)cc1F. The molecule has 1 heterocycles. The second-order valence-electron chi connectivity index (χ2n) is 1.73. The van der Waals surface area contributed by atoms with Crippen molar-refractivity contribution in [3.05, 3.63) is 23.6 Å². The molecule has 0 radical (unpaired) electrons. The standard InChI is InChI=1S/C7H5FN2/c1-2-5-4-10-7(9)3-6(5)8/h1,3-4H,(H2,9,10). The van der Waals surface area contributed by atoms with Crippen LogP contribution in [0.4, 0.5) is 10.2 Å². The van der Waals surface area contributed by atoms with Gasteiger partial charge in [0.2, 0.25) is 0 Å². The highest BCUT2D eigenvalue weighted by atomic mass is 19.1. The predicted octanol–water partition coefficient (Wildman–Crippen LogP) is 0.784. The van der Waals surface area contributed by atoms with E-state index in [0.717, 1.165) is 6.07 Å². The van der Waals surface area contributed by atoms with E-state index in [1.165, 1.54) is 6.20 Å². The number of rotatable bonds is 0. The highest BCUT2D eigenvalue weighted by Crippen LogP contribution is 2.06. The highest BCUT2D eigenvalue weighted by Gasteiger charge is 1.98. The molecule has 1 aromatic heterocycles. The smallest absolute Gasteiger partial charge is 0.144 e. The maximum absolute atomic E-state index is 12.6. The lowest BCUT2D eigenvalue weighted by molar-refractivity contribution is 0.623. The lowest BCUT2D eigenvalue weighted by Gasteiger charge is -1.93. The van der Waals surface area contributed by atoms with Crippen LogP contribution in [0.3, 0.4) is 0 Å². The van der Waals surface area contributed by atoms with Gasteiger partial charge >= 0.3 is 0 Å². The van der Waals surface area contributed by atoms with Crippen LogP contribution >= 0.6 is 0 Å². The molecule has 0 aliphatic rings. The van der Waals surface area contributed by atoms with Crippen molar-refractivity contribution in [3.8, 4) is 12.3 Å². The van der Waals surface area contributed by atoms with Gasteiger partial charge in [-0.05, 0) is 0 Å². The summed E-state index contributed by atoms with van der Waals surface area (Å²) in [4.78, 5) is 3.61. The summed E-state index contributed by atoms with van der Waals surface area (Å²) in [6, 6.07) is 1.09. The molecule has 0 amide bonds. The first-order chi connectivity index (χ1) is 4.74. The summed E-state index contributed by atoms with van der Waals surface area (Å²) in [6.07, 6.45) is 6.16. The maximum Gasteiger partial charge on any atom is 0.144 e. The monoisotopic (exact) mass is 136 g/mol. The summed E-state index contributed by atoms with van der Waals surface area (Å²) in [5.41, 5.74) is 5.30. The minimum Gasteiger partial charge on any atom is -0.384 e. The van der Waals surface area contributed by atoms with Crippen LogP contribution in [0.5, 0.6) is 0 Å². The molecule has 1 aromatic rings. The zero-order valence-corrected chi connectivity index (χ0v) is 5.13. The first kappa shape index (κ1) is 6.56. The molecule has 0 aliphatic carbocycles. The van der Waals surface area contributed by atoms with E-state index >= 15 is 0 Å². The van der Waals surface area contributed by atoms with Crippen molar-refractivity contribution < 1.29 is 4.39 Å². The van der Waals surface area contributed by atoms with Crippen LogP contribution in [0.25, 0.3) is 0 Å². The van der Waals surface area contributed by atoms with Gasteiger partial charge in [0.25, 0.3) is 0 Å². The Morgan fingerprint density at radius 3 is 2.90 bits per heavy atom. The van der Waals surface area contributed by atoms with E-state index in [-0.39, 0.29) is 11.4 Å². The fourth-order valence-electron chi connectivity index (χ4n) is 0.552. The van der Waals surface area contributed by atoms with Crippen LogP contribution in [0.1, 0.15) is 5.56 Å². The summed E-state index contributed by atoms with van der Waals surface area (Å²) in [5, 5.41) is 0. The summed E-state index contributed by atoms with van der Waals surface area (Å²) < 4.78 is 12.6. The molecule has 0 aromatic carbocycles. The molecule has 0 bridgehead atoms. The van der Waals surface area contributed by atoms with E-state index in [2.05, 4.69) is 10.9 Å². The molecule has 50 valence electrons. The molecule has 0 spiro atoms. The van der Waals surface area contributed by atoms with Crippen LogP contribution < -0.4 is 5.73 Å². The highest BCUT2D eigenvalue weighted by molar-refractivity contribution is 5.37. The van der Waals surface area contributed by atoms with E-state index in [0.29, 0.717) is 0 Å². The molecule has 0 atom stereocenters. The fourth-order valence-corrected chi connectivity index (χ4v) is 0.552. The lowest BCUT2D eigenvalue weighted by Crippen LogP contribution is -1.92. The van der Waals surface area contributed by atoms with E-state index < -0.39 is 5.82 Å². The second kappa shape index (κ2) is 2.36. The third kappa shape index (κ3) is 1.06. The van der Waals surface area contributed by atoms with Gasteiger partial charge in [0, 0.05) is 12.3 Å². The lowest BCUT2D eigenvalue weighted by atomic mass is 10.3. The van der Waals surface area contributed by atoms with Crippen molar-refractivity contribution >= 4 is 5.82 Å². The normalized spacial score (nSPS) is 8.80. The first-order valence-corrected chi connectivity index (χ1v) is 2.61. The number of hydrogen-bond acceptors (Lipinski definition) is 2. The van der Waals surface area contributed by atoms with Crippen LogP contribution in [0, 0.1) is 18.2 Å². The third-order valence-electron chi connectivity index (χ3n) is 1.03. The molecule has 2 nitrogen and oxygen atoms in total. The molecular weight excluding hydrogens is 131 g/mol. The van der Waals surface area contributed by atoms with Crippen molar-refractivity contribution in [2.45, 2.75) is 0 Å². The number of hydrogen-bond donors (Lipinski definition) is 1. The first-order valence-electron chi connectivity index (χ1n) is 2.61. The van der Waals surface area contributed by atoms with E-state index in [9.17, 15) is 4.39 Å². The minimum atomic E-state index is -0.505. The second-order valence-corrected chi connectivity index (χ2v) is 1.73. The van der Waals surface area contributed by atoms with Gasteiger partial charge in [0.05, 0.1) is 5.56 Å². The number of halogens is 1. The molecule has 0 unspecified atom stereocenters. The number of aromatic nitrogens is 1. The number of nitrogen functional groups attached to an aromatic ring is 1. The number of pyridine rings is 1. The average molecular weight is 136 g/mol. The van der Waals surface area contributed by atoms with Gasteiger partial charge in [-0.1, -0.05) is 5.92 Å². The number of anilines is 1. The van der Waals surface area contributed by atoms with Crippen LogP contribution in [-0.2, 0) is 0 Å². The van der Waals surface area contributed by atoms with Crippen molar-refractivity contribution in [3.63, 3.8) is 0 Å². The van der Waals surface area contributed by atoms with Gasteiger partial charge in [-0.25, -0.2) is 9.37 Å². The van der Waals surface area contributed by atoms with Gasteiger partial charge in [-0.15, -0.1) is 6.42 Å². The third-order valence-corrected chi connectivity index (χ3v) is 1.03. The van der Waals surface area contributed by atoms with Crippen molar-refractivity contribution in [2.75, 3.05) is 5.73 Å².